The summed E-state index contributed by atoms with van der Waals surface area (Å²) < 4.78 is 0. The molecule has 4 heteroatoms. The highest BCUT2D eigenvalue weighted by Crippen LogP contribution is 2.35. The number of hydrogen-bond acceptors (Lipinski definition) is 3. The van der Waals surface area contributed by atoms with Crippen LogP contribution in [0.15, 0.2) is 0 Å². The lowest BCUT2D eigenvalue weighted by Gasteiger charge is -2.29. The van der Waals surface area contributed by atoms with Crippen LogP contribution in [-0.4, -0.2) is 42.5 Å². The Morgan fingerprint density at radius 1 is 1.05 bits per heavy atom. The Bertz CT molecular complexity index is 354. The maximum atomic E-state index is 12.1. The number of likely N-dealkylation sites (tertiary alicyclic amines) is 1. The zero-order chi connectivity index (χ0) is 14.7. The van der Waals surface area contributed by atoms with Crippen LogP contribution in [0.4, 0.5) is 0 Å². The zero-order valence-electron chi connectivity index (χ0n) is 13.2. The van der Waals surface area contributed by atoms with E-state index >= 15 is 0 Å². The van der Waals surface area contributed by atoms with Gasteiger partial charge in [-0.3, -0.25) is 4.79 Å². The van der Waals surface area contributed by atoms with Crippen molar-refractivity contribution in [3.05, 3.63) is 0 Å². The van der Waals surface area contributed by atoms with Crippen molar-refractivity contribution < 1.29 is 4.79 Å². The molecule has 1 saturated heterocycles. The lowest BCUT2D eigenvalue weighted by Crippen LogP contribution is -2.39. The van der Waals surface area contributed by atoms with Gasteiger partial charge in [0.05, 0.1) is 0 Å². The minimum Gasteiger partial charge on any atom is -0.353 e. The molecule has 120 valence electrons. The molecule has 3 rings (SSSR count). The fourth-order valence-electron chi connectivity index (χ4n) is 4.60. The molecular formula is C17H31N3O. The smallest absolute Gasteiger partial charge is 0.221 e. The van der Waals surface area contributed by atoms with Crippen molar-refractivity contribution in [1.29, 1.82) is 0 Å². The molecule has 2 saturated carbocycles. The fourth-order valence-corrected chi connectivity index (χ4v) is 4.60. The lowest BCUT2D eigenvalue weighted by atomic mass is 9.78. The molecule has 0 bridgehead atoms. The van der Waals surface area contributed by atoms with Gasteiger partial charge in [0.1, 0.15) is 0 Å². The second-order valence-corrected chi connectivity index (χ2v) is 7.43. The van der Waals surface area contributed by atoms with Gasteiger partial charge in [-0.2, -0.15) is 0 Å². The van der Waals surface area contributed by atoms with Gasteiger partial charge in [-0.25, -0.2) is 0 Å². The third-order valence-corrected chi connectivity index (χ3v) is 5.85. The normalized spacial score (nSPS) is 34.6. The molecule has 0 aromatic heterocycles. The summed E-state index contributed by atoms with van der Waals surface area (Å²) in [5.74, 6) is 1.72. The second-order valence-electron chi connectivity index (χ2n) is 7.43. The molecule has 1 heterocycles. The summed E-state index contributed by atoms with van der Waals surface area (Å²) in [6, 6.07) is 0.839. The molecule has 0 aromatic rings. The molecular weight excluding hydrogens is 262 g/mol. The van der Waals surface area contributed by atoms with Crippen molar-refractivity contribution >= 4 is 5.91 Å². The number of carbonyl (C=O) groups is 1. The predicted molar refractivity (Wildman–Crippen MR) is 84.9 cm³/mol. The van der Waals surface area contributed by atoms with E-state index in [0.29, 0.717) is 24.4 Å². The van der Waals surface area contributed by atoms with E-state index in [1.165, 1.54) is 51.4 Å². The van der Waals surface area contributed by atoms with Crippen LogP contribution in [0.25, 0.3) is 0 Å². The summed E-state index contributed by atoms with van der Waals surface area (Å²) in [7, 11) is 0. The van der Waals surface area contributed by atoms with Gasteiger partial charge in [-0.1, -0.05) is 25.7 Å². The van der Waals surface area contributed by atoms with Crippen molar-refractivity contribution in [2.24, 2.45) is 17.6 Å². The first kappa shape index (κ1) is 15.3. The number of nitrogens with one attached hydrogen (secondary N) is 1. The molecule has 3 aliphatic rings. The first-order chi connectivity index (χ1) is 10.2. The van der Waals surface area contributed by atoms with Crippen LogP contribution < -0.4 is 11.1 Å². The van der Waals surface area contributed by atoms with Crippen LogP contribution >= 0.6 is 0 Å². The summed E-state index contributed by atoms with van der Waals surface area (Å²) in [5.41, 5.74) is 6.26. The van der Waals surface area contributed by atoms with E-state index in [2.05, 4.69) is 10.2 Å². The molecule has 3 N–H and O–H groups in total. The van der Waals surface area contributed by atoms with Gasteiger partial charge in [0.2, 0.25) is 5.91 Å². The third kappa shape index (κ3) is 3.98. The Morgan fingerprint density at radius 2 is 1.86 bits per heavy atom. The molecule has 1 aliphatic heterocycles. The molecule has 21 heavy (non-hydrogen) atoms. The number of carbonyl (C=O) groups excluding carboxylic acids is 1. The number of nitrogens with two attached hydrogens (primary N) is 1. The summed E-state index contributed by atoms with van der Waals surface area (Å²) in [5, 5.41) is 3.22. The number of nitrogens with zero attached hydrogens (tertiary/aromatic N) is 1. The van der Waals surface area contributed by atoms with E-state index in [9.17, 15) is 4.79 Å². The average molecular weight is 293 g/mol. The molecule has 4 nitrogen and oxygen atoms in total. The summed E-state index contributed by atoms with van der Waals surface area (Å²) in [6.45, 7) is 3.19. The van der Waals surface area contributed by atoms with Crippen LogP contribution in [0, 0.1) is 11.8 Å². The standard InChI is InChI=1S/C17H31N3O/c18-16-8-4-5-13-11-20(12-15(13)16)10-9-17(21)19-14-6-2-1-3-7-14/h13-16H,1-12,18H2,(H,19,21). The summed E-state index contributed by atoms with van der Waals surface area (Å²) >= 11 is 0. The van der Waals surface area contributed by atoms with Crippen LogP contribution in [0.5, 0.6) is 0 Å². The molecule has 1 amide bonds. The average Bonchev–Trinajstić information content (AvgIpc) is 2.91. The number of fused-ring (bicyclic) bond motifs is 1. The minimum atomic E-state index is 0.251. The third-order valence-electron chi connectivity index (χ3n) is 5.85. The van der Waals surface area contributed by atoms with Crippen molar-refractivity contribution in [2.75, 3.05) is 19.6 Å². The van der Waals surface area contributed by atoms with Crippen LogP contribution in [-0.2, 0) is 4.79 Å². The maximum absolute atomic E-state index is 12.1. The van der Waals surface area contributed by atoms with Crippen molar-refractivity contribution in [3.8, 4) is 0 Å². The molecule has 0 aromatic carbocycles. The van der Waals surface area contributed by atoms with E-state index in [0.717, 1.165) is 25.6 Å². The van der Waals surface area contributed by atoms with Crippen LogP contribution in [0.2, 0.25) is 0 Å². The van der Waals surface area contributed by atoms with E-state index in [4.69, 9.17) is 5.73 Å². The van der Waals surface area contributed by atoms with Crippen LogP contribution in [0.3, 0.4) is 0 Å². The molecule has 3 unspecified atom stereocenters. The quantitative estimate of drug-likeness (QED) is 0.832. The molecule has 0 radical (unpaired) electrons. The van der Waals surface area contributed by atoms with Gasteiger partial charge in [0.15, 0.2) is 0 Å². The molecule has 2 aliphatic carbocycles. The Hall–Kier alpha value is -0.610. The topological polar surface area (TPSA) is 58.4 Å². The van der Waals surface area contributed by atoms with Crippen LogP contribution in [0.1, 0.15) is 57.8 Å². The lowest BCUT2D eigenvalue weighted by molar-refractivity contribution is -0.122. The van der Waals surface area contributed by atoms with Gasteiger partial charge in [0.25, 0.3) is 0 Å². The van der Waals surface area contributed by atoms with Gasteiger partial charge < -0.3 is 16.0 Å². The Kier molecular flexibility index (Phi) is 5.17. The SMILES string of the molecule is NC1CCCC2CN(CCC(=O)NC3CCCCC3)CC12. The predicted octanol–water partition coefficient (Wildman–Crippen LogP) is 1.88. The zero-order valence-corrected chi connectivity index (χ0v) is 13.2. The Labute approximate surface area is 128 Å². The van der Waals surface area contributed by atoms with Gasteiger partial charge in [-0.05, 0) is 37.5 Å². The highest BCUT2D eigenvalue weighted by atomic mass is 16.1. The van der Waals surface area contributed by atoms with E-state index in [1.807, 2.05) is 0 Å². The van der Waals surface area contributed by atoms with Gasteiger partial charge in [0, 0.05) is 38.1 Å². The monoisotopic (exact) mass is 293 g/mol. The maximum Gasteiger partial charge on any atom is 0.221 e. The summed E-state index contributed by atoms with van der Waals surface area (Å²) in [6.07, 6.45) is 10.7. The van der Waals surface area contributed by atoms with Crippen molar-refractivity contribution in [3.63, 3.8) is 0 Å². The van der Waals surface area contributed by atoms with Crippen molar-refractivity contribution in [1.82, 2.24) is 10.2 Å². The van der Waals surface area contributed by atoms with Crippen molar-refractivity contribution in [2.45, 2.75) is 69.9 Å². The molecule has 3 atom stereocenters. The molecule has 3 fully saturated rings. The Morgan fingerprint density at radius 3 is 2.62 bits per heavy atom. The number of hydrogen-bond donors (Lipinski definition) is 2. The van der Waals surface area contributed by atoms with Gasteiger partial charge in [-0.15, -0.1) is 0 Å². The number of rotatable bonds is 4. The largest absolute Gasteiger partial charge is 0.353 e. The second kappa shape index (κ2) is 7.10. The van der Waals surface area contributed by atoms with E-state index < -0.39 is 0 Å². The fraction of sp³-hybridized carbons (Fsp3) is 0.941. The van der Waals surface area contributed by atoms with E-state index in [1.54, 1.807) is 0 Å². The highest BCUT2D eigenvalue weighted by molar-refractivity contribution is 5.76. The first-order valence-electron chi connectivity index (χ1n) is 8.99. The van der Waals surface area contributed by atoms with Gasteiger partial charge >= 0.3 is 0 Å². The summed E-state index contributed by atoms with van der Waals surface area (Å²) in [4.78, 5) is 14.6. The minimum absolute atomic E-state index is 0.251. The first-order valence-corrected chi connectivity index (χ1v) is 8.99. The highest BCUT2D eigenvalue weighted by Gasteiger charge is 2.38. The molecule has 0 spiro atoms. The Balaban J connectivity index is 1.38. The number of amides is 1. The van der Waals surface area contributed by atoms with E-state index in [-0.39, 0.29) is 5.91 Å².